The smallest absolute Gasteiger partial charge is 0.109 e. The monoisotopic (exact) mass is 222 g/mol. The largest absolute Gasteiger partial charge is 0.394 e. The predicted molar refractivity (Wildman–Crippen MR) is 60.8 cm³/mol. The Morgan fingerprint density at radius 1 is 1.20 bits per heavy atom. The third kappa shape index (κ3) is 7.73. The van der Waals surface area contributed by atoms with Gasteiger partial charge in [0.2, 0.25) is 0 Å². The van der Waals surface area contributed by atoms with Crippen molar-refractivity contribution in [2.45, 2.75) is 58.8 Å². The van der Waals surface area contributed by atoms with E-state index in [9.17, 15) is 0 Å². The molecule has 4 heteroatoms. The molecule has 1 fully saturated rings. The molecule has 1 heterocycles. The molecule has 0 bridgehead atoms. The molecule has 0 aromatic rings. The first kappa shape index (κ1) is 17.2. The quantitative estimate of drug-likeness (QED) is 0.617. The highest BCUT2D eigenvalue weighted by Gasteiger charge is 2.30. The molecule has 3 N–H and O–H groups in total. The lowest BCUT2D eigenvalue weighted by atomic mass is 10.0. The second-order valence-corrected chi connectivity index (χ2v) is 3.15. The molecule has 0 spiro atoms. The number of ether oxygens (including phenoxy) is 1. The minimum Gasteiger partial charge on any atom is -0.394 e. The van der Waals surface area contributed by atoms with Crippen molar-refractivity contribution in [3.05, 3.63) is 0 Å². The van der Waals surface area contributed by atoms with Gasteiger partial charge >= 0.3 is 0 Å². The zero-order valence-corrected chi connectivity index (χ0v) is 10.3. The minimum absolute atomic E-state index is 0.238. The van der Waals surface area contributed by atoms with Gasteiger partial charge in [-0.1, -0.05) is 34.1 Å². The third-order valence-electron chi connectivity index (χ3n) is 1.70. The highest BCUT2D eigenvalue weighted by molar-refractivity contribution is 4.79. The van der Waals surface area contributed by atoms with Crippen LogP contribution in [0.15, 0.2) is 0 Å². The van der Waals surface area contributed by atoms with Gasteiger partial charge in [0.15, 0.2) is 0 Å². The fourth-order valence-corrected chi connectivity index (χ4v) is 1.02. The van der Waals surface area contributed by atoms with E-state index in [1.165, 1.54) is 6.42 Å². The number of hydrogen-bond donors (Lipinski definition) is 3. The maximum Gasteiger partial charge on any atom is 0.109 e. The van der Waals surface area contributed by atoms with Gasteiger partial charge in [0.1, 0.15) is 12.2 Å². The normalized spacial score (nSPS) is 29.4. The van der Waals surface area contributed by atoms with Gasteiger partial charge in [0, 0.05) is 6.61 Å². The number of rotatable bonds is 1. The van der Waals surface area contributed by atoms with E-state index >= 15 is 0 Å². The van der Waals surface area contributed by atoms with Crippen molar-refractivity contribution < 1.29 is 20.1 Å². The average Bonchev–Trinajstić information content (AvgIpc) is 2.26. The Morgan fingerprint density at radius 2 is 1.67 bits per heavy atom. The van der Waals surface area contributed by atoms with Gasteiger partial charge in [0.05, 0.1) is 12.7 Å². The van der Waals surface area contributed by atoms with Crippen LogP contribution in [0, 0.1) is 0 Å². The summed E-state index contributed by atoms with van der Waals surface area (Å²) >= 11 is 0. The van der Waals surface area contributed by atoms with E-state index in [2.05, 4.69) is 13.8 Å². The van der Waals surface area contributed by atoms with Gasteiger partial charge in [-0.3, -0.25) is 0 Å². The summed E-state index contributed by atoms with van der Waals surface area (Å²) in [6.45, 7) is 8.42. The van der Waals surface area contributed by atoms with Crippen molar-refractivity contribution in [3.8, 4) is 0 Å². The van der Waals surface area contributed by atoms with Crippen molar-refractivity contribution in [3.63, 3.8) is 0 Å². The molecule has 0 saturated carbocycles. The molecule has 1 saturated heterocycles. The second kappa shape index (κ2) is 11.9. The van der Waals surface area contributed by atoms with Crippen molar-refractivity contribution in [1.29, 1.82) is 0 Å². The number of hydrogen-bond acceptors (Lipinski definition) is 4. The Labute approximate surface area is 92.9 Å². The zero-order valence-electron chi connectivity index (χ0n) is 10.3. The topological polar surface area (TPSA) is 69.9 Å². The van der Waals surface area contributed by atoms with Gasteiger partial charge in [-0.05, 0) is 6.42 Å². The van der Waals surface area contributed by atoms with E-state index in [1.54, 1.807) is 0 Å². The number of aliphatic hydroxyl groups is 3. The average molecular weight is 222 g/mol. The van der Waals surface area contributed by atoms with E-state index < -0.39 is 18.3 Å². The van der Waals surface area contributed by atoms with Crippen LogP contribution in [0.25, 0.3) is 0 Å². The molecule has 4 nitrogen and oxygen atoms in total. The van der Waals surface area contributed by atoms with Crippen LogP contribution < -0.4 is 0 Å². The van der Waals surface area contributed by atoms with Crippen LogP contribution in [0.2, 0.25) is 0 Å². The van der Waals surface area contributed by atoms with Crippen LogP contribution >= 0.6 is 0 Å². The molecular formula is C11H26O4. The lowest BCUT2D eigenvalue weighted by molar-refractivity contribution is -0.147. The third-order valence-corrected chi connectivity index (χ3v) is 1.70. The zero-order chi connectivity index (χ0) is 12.3. The lowest BCUT2D eigenvalue weighted by Crippen LogP contribution is -2.46. The summed E-state index contributed by atoms with van der Waals surface area (Å²) < 4.78 is 4.95. The molecule has 0 radical (unpaired) electrons. The molecule has 15 heavy (non-hydrogen) atoms. The van der Waals surface area contributed by atoms with Gasteiger partial charge in [-0.15, -0.1) is 0 Å². The molecule has 3 unspecified atom stereocenters. The van der Waals surface area contributed by atoms with E-state index in [-0.39, 0.29) is 6.61 Å². The van der Waals surface area contributed by atoms with Crippen molar-refractivity contribution in [1.82, 2.24) is 0 Å². The number of aliphatic hydroxyl groups excluding tert-OH is 3. The first-order chi connectivity index (χ1) is 7.17. The fraction of sp³-hybridized carbons (Fsp3) is 1.00. The molecule has 0 aromatic carbocycles. The maximum absolute atomic E-state index is 9.10. The summed E-state index contributed by atoms with van der Waals surface area (Å²) in [6, 6.07) is 0. The first-order valence-corrected chi connectivity index (χ1v) is 5.75. The molecule has 0 amide bonds. The van der Waals surface area contributed by atoms with Crippen LogP contribution in [-0.4, -0.2) is 46.8 Å². The minimum atomic E-state index is -0.932. The SMILES string of the molecule is CC.CCC.OCC1OCCC(O)C1O. The molecule has 1 rings (SSSR count). The highest BCUT2D eigenvalue weighted by Crippen LogP contribution is 2.13. The summed E-state index contributed by atoms with van der Waals surface area (Å²) in [5.74, 6) is 0. The summed E-state index contributed by atoms with van der Waals surface area (Å²) in [7, 11) is 0. The fourth-order valence-electron chi connectivity index (χ4n) is 1.02. The Morgan fingerprint density at radius 3 is 2.00 bits per heavy atom. The predicted octanol–water partition coefficient (Wildman–Crippen LogP) is 0.932. The molecule has 3 atom stereocenters. The van der Waals surface area contributed by atoms with E-state index in [4.69, 9.17) is 20.1 Å². The van der Waals surface area contributed by atoms with Crippen molar-refractivity contribution in [2.24, 2.45) is 0 Å². The van der Waals surface area contributed by atoms with Gasteiger partial charge in [0.25, 0.3) is 0 Å². The van der Waals surface area contributed by atoms with Gasteiger partial charge < -0.3 is 20.1 Å². The molecular weight excluding hydrogens is 196 g/mol. The lowest BCUT2D eigenvalue weighted by Gasteiger charge is -2.30. The van der Waals surface area contributed by atoms with E-state index in [1.807, 2.05) is 13.8 Å². The van der Waals surface area contributed by atoms with Crippen LogP contribution in [0.4, 0.5) is 0 Å². The second-order valence-electron chi connectivity index (χ2n) is 3.15. The molecule has 0 aromatic heterocycles. The van der Waals surface area contributed by atoms with E-state index in [0.29, 0.717) is 13.0 Å². The molecule has 94 valence electrons. The Hall–Kier alpha value is -0.160. The summed E-state index contributed by atoms with van der Waals surface area (Å²) in [4.78, 5) is 0. The molecule has 1 aliphatic rings. The maximum atomic E-state index is 9.10. The van der Waals surface area contributed by atoms with Crippen LogP contribution in [0.5, 0.6) is 0 Å². The Kier molecular flexibility index (Phi) is 13.7. The summed E-state index contributed by atoms with van der Waals surface area (Å²) in [6.07, 6.45) is -0.592. The van der Waals surface area contributed by atoms with Crippen LogP contribution in [-0.2, 0) is 4.74 Å². The first-order valence-electron chi connectivity index (χ1n) is 5.75. The standard InChI is InChI=1S/C6H12O4.C3H8.C2H6/c7-3-5-6(9)4(8)1-2-10-5;1-3-2;1-2/h4-9H,1-3H2;3H2,1-2H3;1-2H3. The van der Waals surface area contributed by atoms with Crippen molar-refractivity contribution >= 4 is 0 Å². The van der Waals surface area contributed by atoms with E-state index in [0.717, 1.165) is 0 Å². The molecule has 0 aliphatic carbocycles. The Balaban J connectivity index is 0. The van der Waals surface area contributed by atoms with Gasteiger partial charge in [-0.2, -0.15) is 0 Å². The Bertz CT molecular complexity index is 119. The van der Waals surface area contributed by atoms with Gasteiger partial charge in [-0.25, -0.2) is 0 Å². The van der Waals surface area contributed by atoms with Crippen LogP contribution in [0.1, 0.15) is 40.5 Å². The van der Waals surface area contributed by atoms with Crippen LogP contribution in [0.3, 0.4) is 0 Å². The summed E-state index contributed by atoms with van der Waals surface area (Å²) in [5.41, 5.74) is 0. The van der Waals surface area contributed by atoms with Crippen molar-refractivity contribution in [2.75, 3.05) is 13.2 Å². The summed E-state index contributed by atoms with van der Waals surface area (Å²) in [5, 5.41) is 26.7. The molecule has 1 aliphatic heterocycles. The highest BCUT2D eigenvalue weighted by atomic mass is 16.5.